The average Bonchev–Trinajstić information content (AvgIpc) is 2.86. The van der Waals surface area contributed by atoms with Crippen molar-refractivity contribution in [3.63, 3.8) is 0 Å². The van der Waals surface area contributed by atoms with Crippen molar-refractivity contribution in [2.45, 2.75) is 37.7 Å². The fourth-order valence-electron chi connectivity index (χ4n) is 2.31. The quantitative estimate of drug-likeness (QED) is 0.432. The Labute approximate surface area is 155 Å². The van der Waals surface area contributed by atoms with Crippen molar-refractivity contribution in [1.29, 1.82) is 0 Å². The van der Waals surface area contributed by atoms with Gasteiger partial charge in [-0.2, -0.15) is 0 Å². The van der Waals surface area contributed by atoms with Crippen LogP contribution in [0.15, 0.2) is 22.6 Å². The zero-order chi connectivity index (χ0) is 18.6. The molecular weight excluding hydrogens is 358 g/mol. The summed E-state index contributed by atoms with van der Waals surface area (Å²) in [4.78, 5) is 31.5. The van der Waals surface area contributed by atoms with E-state index in [2.05, 4.69) is 16.9 Å². The maximum atomic E-state index is 13.0. The Morgan fingerprint density at radius 1 is 1.52 bits per heavy atom. The molecule has 2 aromatic heterocycles. The SMILES string of the molecule is C=CCNC(=O)[C@@H](C)Sc1nc2sc(C)c(C)c2c(=O)n1CCOC. The lowest BCUT2D eigenvalue weighted by Gasteiger charge is -2.15. The number of nitrogens with zero attached hydrogens (tertiary/aromatic N) is 2. The second-order valence-electron chi connectivity index (χ2n) is 5.60. The van der Waals surface area contributed by atoms with Crippen LogP contribution in [0, 0.1) is 13.8 Å². The van der Waals surface area contributed by atoms with Gasteiger partial charge in [0.05, 0.1) is 23.8 Å². The molecule has 2 rings (SSSR count). The average molecular weight is 382 g/mol. The monoisotopic (exact) mass is 381 g/mol. The Bertz CT molecular complexity index is 842. The highest BCUT2D eigenvalue weighted by Crippen LogP contribution is 2.29. The van der Waals surface area contributed by atoms with Crippen LogP contribution in [0.25, 0.3) is 10.2 Å². The van der Waals surface area contributed by atoms with E-state index in [1.165, 1.54) is 23.1 Å². The largest absolute Gasteiger partial charge is 0.383 e. The maximum absolute atomic E-state index is 13.0. The van der Waals surface area contributed by atoms with Crippen molar-refractivity contribution in [1.82, 2.24) is 14.9 Å². The number of thiophene rings is 1. The van der Waals surface area contributed by atoms with E-state index in [1.54, 1.807) is 24.7 Å². The summed E-state index contributed by atoms with van der Waals surface area (Å²) in [7, 11) is 1.59. The van der Waals surface area contributed by atoms with Gasteiger partial charge in [-0.15, -0.1) is 17.9 Å². The van der Waals surface area contributed by atoms with Crippen LogP contribution in [0.3, 0.4) is 0 Å². The van der Waals surface area contributed by atoms with Crippen molar-refractivity contribution < 1.29 is 9.53 Å². The summed E-state index contributed by atoms with van der Waals surface area (Å²) in [5.74, 6) is -0.115. The van der Waals surface area contributed by atoms with Gasteiger partial charge >= 0.3 is 0 Å². The number of hydrogen-bond donors (Lipinski definition) is 1. The molecule has 1 N–H and O–H groups in total. The standard InChI is InChI=1S/C17H23N3O3S2/c1-6-7-18-14(21)12(4)25-17-19-15-13(10(2)11(3)24-15)16(22)20(17)8-9-23-5/h6,12H,1,7-9H2,2-5H3,(H,18,21)/t12-/m1/s1. The number of carbonyl (C=O) groups excluding carboxylic acids is 1. The molecule has 0 aliphatic heterocycles. The van der Waals surface area contributed by atoms with Crippen LogP contribution in [-0.4, -0.2) is 41.0 Å². The fourth-order valence-corrected chi connectivity index (χ4v) is 4.34. The van der Waals surface area contributed by atoms with Gasteiger partial charge in [0.1, 0.15) is 4.83 Å². The summed E-state index contributed by atoms with van der Waals surface area (Å²) in [6.07, 6.45) is 1.63. The molecule has 0 fully saturated rings. The summed E-state index contributed by atoms with van der Waals surface area (Å²) in [5.41, 5.74) is 0.891. The summed E-state index contributed by atoms with van der Waals surface area (Å²) in [6.45, 7) is 10.5. The molecule has 0 bridgehead atoms. The fraction of sp³-hybridized carbons (Fsp3) is 0.471. The van der Waals surface area contributed by atoms with Gasteiger partial charge in [0.15, 0.2) is 5.16 Å². The molecule has 0 spiro atoms. The van der Waals surface area contributed by atoms with Gasteiger partial charge in [-0.05, 0) is 26.3 Å². The number of amides is 1. The third kappa shape index (κ3) is 4.31. The Morgan fingerprint density at radius 3 is 2.88 bits per heavy atom. The number of thioether (sulfide) groups is 1. The highest BCUT2D eigenvalue weighted by Gasteiger charge is 2.21. The molecule has 136 valence electrons. The second-order valence-corrected chi connectivity index (χ2v) is 8.11. The van der Waals surface area contributed by atoms with E-state index in [-0.39, 0.29) is 16.7 Å². The van der Waals surface area contributed by atoms with E-state index in [4.69, 9.17) is 4.74 Å². The predicted molar refractivity (Wildman–Crippen MR) is 104 cm³/mol. The number of carbonyl (C=O) groups is 1. The summed E-state index contributed by atoms with van der Waals surface area (Å²) in [5, 5.41) is 3.59. The normalized spacial score (nSPS) is 12.3. The third-order valence-electron chi connectivity index (χ3n) is 3.84. The van der Waals surface area contributed by atoms with E-state index in [0.717, 1.165) is 15.3 Å². The summed E-state index contributed by atoms with van der Waals surface area (Å²) in [6, 6.07) is 0. The smallest absolute Gasteiger partial charge is 0.263 e. The Balaban J connectivity index is 2.44. The summed E-state index contributed by atoms with van der Waals surface area (Å²) < 4.78 is 6.73. The molecule has 2 heterocycles. The molecule has 0 aliphatic carbocycles. The van der Waals surface area contributed by atoms with Crippen LogP contribution in [0.4, 0.5) is 0 Å². The van der Waals surface area contributed by atoms with Gasteiger partial charge in [0.25, 0.3) is 5.56 Å². The number of methoxy groups -OCH3 is 1. The molecule has 0 saturated carbocycles. The topological polar surface area (TPSA) is 73.2 Å². The van der Waals surface area contributed by atoms with E-state index in [0.29, 0.717) is 30.2 Å². The number of rotatable bonds is 8. The predicted octanol–water partition coefficient (Wildman–Crippen LogP) is 2.50. The highest BCUT2D eigenvalue weighted by atomic mass is 32.2. The van der Waals surface area contributed by atoms with Crippen molar-refractivity contribution >= 4 is 39.2 Å². The van der Waals surface area contributed by atoms with E-state index in [1.807, 2.05) is 13.8 Å². The number of nitrogens with one attached hydrogen (secondary N) is 1. The molecular formula is C17H23N3O3S2. The van der Waals surface area contributed by atoms with Gasteiger partial charge in [-0.1, -0.05) is 17.8 Å². The minimum Gasteiger partial charge on any atom is -0.383 e. The first-order chi connectivity index (χ1) is 11.9. The van der Waals surface area contributed by atoms with Crippen LogP contribution in [0.1, 0.15) is 17.4 Å². The number of ether oxygens (including phenoxy) is 1. The molecule has 8 heteroatoms. The number of aryl methyl sites for hydroxylation is 2. The molecule has 0 aromatic carbocycles. The van der Waals surface area contributed by atoms with Crippen LogP contribution >= 0.6 is 23.1 Å². The summed E-state index contributed by atoms with van der Waals surface area (Å²) >= 11 is 2.79. The molecule has 0 aliphatic rings. The Hall–Kier alpha value is -1.64. The first-order valence-corrected chi connectivity index (χ1v) is 9.65. The first kappa shape index (κ1) is 19.7. The second kappa shape index (κ2) is 8.64. The lowest BCUT2D eigenvalue weighted by molar-refractivity contribution is -0.120. The van der Waals surface area contributed by atoms with Gasteiger partial charge < -0.3 is 10.1 Å². The van der Waals surface area contributed by atoms with Crippen LogP contribution in [0.5, 0.6) is 0 Å². The van der Waals surface area contributed by atoms with Crippen LogP contribution < -0.4 is 10.9 Å². The van der Waals surface area contributed by atoms with Crippen molar-refractivity contribution in [2.75, 3.05) is 20.3 Å². The van der Waals surface area contributed by atoms with E-state index < -0.39 is 0 Å². The van der Waals surface area contributed by atoms with Gasteiger partial charge in [-0.3, -0.25) is 14.2 Å². The molecule has 0 saturated heterocycles. The minimum absolute atomic E-state index is 0.0786. The molecule has 25 heavy (non-hydrogen) atoms. The minimum atomic E-state index is -0.375. The number of hydrogen-bond acceptors (Lipinski definition) is 6. The third-order valence-corrected chi connectivity index (χ3v) is 6.04. The lowest BCUT2D eigenvalue weighted by atomic mass is 10.2. The lowest BCUT2D eigenvalue weighted by Crippen LogP contribution is -2.32. The molecule has 1 atom stereocenters. The molecule has 0 radical (unpaired) electrons. The van der Waals surface area contributed by atoms with Crippen LogP contribution in [0.2, 0.25) is 0 Å². The molecule has 1 amide bonds. The van der Waals surface area contributed by atoms with E-state index in [9.17, 15) is 9.59 Å². The van der Waals surface area contributed by atoms with Gasteiger partial charge in [0.2, 0.25) is 5.91 Å². The molecule has 0 unspecified atom stereocenters. The van der Waals surface area contributed by atoms with Crippen molar-refractivity contribution in [3.8, 4) is 0 Å². The number of fused-ring (bicyclic) bond motifs is 1. The Kier molecular flexibility index (Phi) is 6.80. The molecule has 6 nitrogen and oxygen atoms in total. The molecule has 2 aromatic rings. The van der Waals surface area contributed by atoms with Gasteiger partial charge in [-0.25, -0.2) is 4.98 Å². The highest BCUT2D eigenvalue weighted by molar-refractivity contribution is 8.00. The first-order valence-electron chi connectivity index (χ1n) is 7.95. The zero-order valence-electron chi connectivity index (χ0n) is 14.9. The Morgan fingerprint density at radius 2 is 2.24 bits per heavy atom. The van der Waals surface area contributed by atoms with Crippen molar-refractivity contribution in [2.24, 2.45) is 0 Å². The van der Waals surface area contributed by atoms with E-state index >= 15 is 0 Å². The number of aromatic nitrogens is 2. The van der Waals surface area contributed by atoms with Crippen LogP contribution in [-0.2, 0) is 16.1 Å². The van der Waals surface area contributed by atoms with Crippen molar-refractivity contribution in [3.05, 3.63) is 33.4 Å². The van der Waals surface area contributed by atoms with Gasteiger partial charge in [0, 0.05) is 18.5 Å². The maximum Gasteiger partial charge on any atom is 0.263 e. The zero-order valence-corrected chi connectivity index (χ0v) is 16.6.